The molecule has 1 aliphatic rings. The Bertz CT molecular complexity index is 458. The predicted molar refractivity (Wildman–Crippen MR) is 69.5 cm³/mol. The molecule has 1 fully saturated rings. The van der Waals surface area contributed by atoms with Gasteiger partial charge in [-0.2, -0.15) is 0 Å². The first kappa shape index (κ1) is 10.7. The first-order chi connectivity index (χ1) is 8.45. The molecule has 0 spiro atoms. The summed E-state index contributed by atoms with van der Waals surface area (Å²) in [5.41, 5.74) is 1.29. The van der Waals surface area contributed by atoms with E-state index in [2.05, 4.69) is 34.1 Å². The molecule has 4 heteroatoms. The molecule has 3 nitrogen and oxygen atoms in total. The van der Waals surface area contributed by atoms with Gasteiger partial charge < -0.3 is 9.64 Å². The molecular weight excluding hydrogens is 232 g/mol. The molecule has 2 aromatic rings. The highest BCUT2D eigenvalue weighted by atomic mass is 32.1. The molecule has 88 valence electrons. The smallest absolute Gasteiger partial charge is 0.185 e. The molecular formula is C13H14N2OS. The normalized spacial score (nSPS) is 20.5. The molecule has 2 heterocycles. The van der Waals surface area contributed by atoms with E-state index < -0.39 is 0 Å². The number of nitrogens with zero attached hydrogens (tertiary/aromatic N) is 2. The van der Waals surface area contributed by atoms with Gasteiger partial charge in [-0.15, -0.1) is 11.3 Å². The summed E-state index contributed by atoms with van der Waals surface area (Å²) in [4.78, 5) is 6.74. The molecule has 0 aliphatic carbocycles. The third-order valence-electron chi connectivity index (χ3n) is 2.98. The van der Waals surface area contributed by atoms with Gasteiger partial charge in [0.15, 0.2) is 5.13 Å². The van der Waals surface area contributed by atoms with Gasteiger partial charge in [0.1, 0.15) is 0 Å². The van der Waals surface area contributed by atoms with Crippen LogP contribution in [0.1, 0.15) is 11.6 Å². The van der Waals surface area contributed by atoms with Gasteiger partial charge in [-0.1, -0.05) is 30.3 Å². The molecule has 3 rings (SSSR count). The summed E-state index contributed by atoms with van der Waals surface area (Å²) in [6.07, 6.45) is 1.86. The maximum Gasteiger partial charge on any atom is 0.185 e. The fraction of sp³-hybridized carbons (Fsp3) is 0.308. The first-order valence-corrected chi connectivity index (χ1v) is 6.62. The number of aromatic nitrogens is 1. The molecule has 1 saturated heterocycles. The van der Waals surface area contributed by atoms with Gasteiger partial charge in [-0.05, 0) is 5.56 Å². The molecule has 0 amide bonds. The second kappa shape index (κ2) is 4.85. The monoisotopic (exact) mass is 246 g/mol. The van der Waals surface area contributed by atoms with Crippen LogP contribution in [-0.4, -0.2) is 24.7 Å². The first-order valence-electron chi connectivity index (χ1n) is 5.74. The Hall–Kier alpha value is -1.39. The number of benzene rings is 1. The van der Waals surface area contributed by atoms with Crippen molar-refractivity contribution in [3.05, 3.63) is 47.5 Å². The van der Waals surface area contributed by atoms with E-state index in [1.165, 1.54) is 5.56 Å². The second-order valence-corrected chi connectivity index (χ2v) is 4.88. The Morgan fingerprint density at radius 2 is 2.18 bits per heavy atom. The van der Waals surface area contributed by atoms with Crippen molar-refractivity contribution in [2.45, 2.75) is 6.04 Å². The minimum atomic E-state index is 0.288. The fourth-order valence-electron chi connectivity index (χ4n) is 2.14. The largest absolute Gasteiger partial charge is 0.377 e. The highest BCUT2D eigenvalue weighted by Gasteiger charge is 2.25. The van der Waals surface area contributed by atoms with E-state index in [1.54, 1.807) is 11.3 Å². The van der Waals surface area contributed by atoms with Gasteiger partial charge in [-0.3, -0.25) is 0 Å². The molecule has 1 aromatic heterocycles. The number of morpholine rings is 1. The molecule has 17 heavy (non-hydrogen) atoms. The zero-order valence-electron chi connectivity index (χ0n) is 9.45. The lowest BCUT2D eigenvalue weighted by Crippen LogP contribution is -2.39. The van der Waals surface area contributed by atoms with E-state index in [9.17, 15) is 0 Å². The third kappa shape index (κ3) is 2.18. The maximum absolute atomic E-state index is 5.60. The van der Waals surface area contributed by atoms with E-state index in [1.807, 2.05) is 17.6 Å². The van der Waals surface area contributed by atoms with Gasteiger partial charge in [0, 0.05) is 18.1 Å². The van der Waals surface area contributed by atoms with Gasteiger partial charge in [0.25, 0.3) is 0 Å². The molecule has 0 N–H and O–H groups in total. The van der Waals surface area contributed by atoms with E-state index >= 15 is 0 Å². The Morgan fingerprint density at radius 3 is 2.94 bits per heavy atom. The highest BCUT2D eigenvalue weighted by molar-refractivity contribution is 7.13. The summed E-state index contributed by atoms with van der Waals surface area (Å²) in [5.74, 6) is 0. The van der Waals surface area contributed by atoms with Crippen LogP contribution in [-0.2, 0) is 4.74 Å². The van der Waals surface area contributed by atoms with Crippen molar-refractivity contribution >= 4 is 16.5 Å². The van der Waals surface area contributed by atoms with Crippen molar-refractivity contribution in [2.75, 3.05) is 24.7 Å². The number of ether oxygens (including phenoxy) is 1. The summed E-state index contributed by atoms with van der Waals surface area (Å²) in [6, 6.07) is 10.8. The number of hydrogen-bond donors (Lipinski definition) is 0. The summed E-state index contributed by atoms with van der Waals surface area (Å²) in [7, 11) is 0. The fourth-order valence-corrected chi connectivity index (χ4v) is 2.86. The van der Waals surface area contributed by atoms with E-state index in [-0.39, 0.29) is 6.04 Å². The quantitative estimate of drug-likeness (QED) is 0.814. The molecule has 0 bridgehead atoms. The van der Waals surface area contributed by atoms with Crippen LogP contribution in [0.15, 0.2) is 41.9 Å². The highest BCUT2D eigenvalue weighted by Crippen LogP contribution is 2.30. The van der Waals surface area contributed by atoms with Crippen molar-refractivity contribution in [1.29, 1.82) is 0 Å². The van der Waals surface area contributed by atoms with Crippen LogP contribution < -0.4 is 4.90 Å². The van der Waals surface area contributed by atoms with Crippen molar-refractivity contribution in [3.8, 4) is 0 Å². The van der Waals surface area contributed by atoms with E-state index in [0.717, 1.165) is 24.9 Å². The van der Waals surface area contributed by atoms with Gasteiger partial charge in [0.2, 0.25) is 0 Å². The number of thiazole rings is 1. The maximum atomic E-state index is 5.60. The lowest BCUT2D eigenvalue weighted by molar-refractivity contribution is 0.0941. The standard InChI is InChI=1S/C13H14N2OS/c1-2-4-11(5-3-1)12-10-16-8-7-15(12)13-14-6-9-17-13/h1-6,9,12H,7-8,10H2. The predicted octanol–water partition coefficient (Wildman–Crippen LogP) is 2.72. The summed E-state index contributed by atoms with van der Waals surface area (Å²) in [5, 5.41) is 3.11. The zero-order valence-corrected chi connectivity index (χ0v) is 10.3. The minimum Gasteiger partial charge on any atom is -0.377 e. The van der Waals surface area contributed by atoms with E-state index in [4.69, 9.17) is 4.74 Å². The SMILES string of the molecule is c1ccc(C2COCCN2c2nccs2)cc1. The van der Waals surface area contributed by atoms with Gasteiger partial charge >= 0.3 is 0 Å². The van der Waals surface area contributed by atoms with Crippen LogP contribution in [0.25, 0.3) is 0 Å². The van der Waals surface area contributed by atoms with Crippen LogP contribution in [0.3, 0.4) is 0 Å². The van der Waals surface area contributed by atoms with Crippen molar-refractivity contribution < 1.29 is 4.74 Å². The van der Waals surface area contributed by atoms with Crippen molar-refractivity contribution in [1.82, 2.24) is 4.98 Å². The molecule has 0 saturated carbocycles. The van der Waals surface area contributed by atoms with Gasteiger partial charge in [-0.25, -0.2) is 4.98 Å². The summed E-state index contributed by atoms with van der Waals surface area (Å²) in [6.45, 7) is 2.43. The minimum absolute atomic E-state index is 0.288. The second-order valence-electron chi connectivity index (χ2n) is 4.01. The van der Waals surface area contributed by atoms with Crippen LogP contribution in [0.2, 0.25) is 0 Å². The number of rotatable bonds is 2. The molecule has 0 radical (unpaired) electrons. The lowest BCUT2D eigenvalue weighted by Gasteiger charge is -2.35. The summed E-state index contributed by atoms with van der Waals surface area (Å²) < 4.78 is 5.60. The number of anilines is 1. The Labute approximate surface area is 105 Å². The molecule has 1 unspecified atom stereocenters. The molecule has 1 aromatic carbocycles. The van der Waals surface area contributed by atoms with Crippen molar-refractivity contribution in [2.24, 2.45) is 0 Å². The van der Waals surface area contributed by atoms with E-state index in [0.29, 0.717) is 0 Å². The lowest BCUT2D eigenvalue weighted by atomic mass is 10.1. The topological polar surface area (TPSA) is 25.4 Å². The van der Waals surface area contributed by atoms with Crippen LogP contribution in [0, 0.1) is 0 Å². The Kier molecular flexibility index (Phi) is 3.07. The Morgan fingerprint density at radius 1 is 1.29 bits per heavy atom. The van der Waals surface area contributed by atoms with Gasteiger partial charge in [0.05, 0.1) is 19.3 Å². The third-order valence-corrected chi connectivity index (χ3v) is 3.79. The average molecular weight is 246 g/mol. The van der Waals surface area contributed by atoms with Crippen LogP contribution >= 0.6 is 11.3 Å². The molecule has 1 aliphatic heterocycles. The van der Waals surface area contributed by atoms with Crippen molar-refractivity contribution in [3.63, 3.8) is 0 Å². The van der Waals surface area contributed by atoms with Crippen LogP contribution in [0.4, 0.5) is 5.13 Å². The zero-order chi connectivity index (χ0) is 11.5. The van der Waals surface area contributed by atoms with Crippen LogP contribution in [0.5, 0.6) is 0 Å². The Balaban J connectivity index is 1.91. The summed E-state index contributed by atoms with van der Waals surface area (Å²) >= 11 is 1.69. The average Bonchev–Trinajstić information content (AvgIpc) is 2.94. The molecule has 1 atom stereocenters. The number of hydrogen-bond acceptors (Lipinski definition) is 4.